The minimum Gasteiger partial charge on any atom is -0.447 e. The SMILES string of the molecule is COC[C@@H]1CCCN1C(=O)CN1C(=O)OC[C@@H]1c1ccccc1. The fraction of sp³-hybridized carbons (Fsp3) is 0.529. The second-order valence-corrected chi connectivity index (χ2v) is 5.97. The van der Waals surface area contributed by atoms with Gasteiger partial charge < -0.3 is 14.4 Å². The van der Waals surface area contributed by atoms with Crippen molar-refractivity contribution in [3.63, 3.8) is 0 Å². The summed E-state index contributed by atoms with van der Waals surface area (Å²) in [6.45, 7) is 1.61. The molecule has 2 atom stereocenters. The zero-order valence-electron chi connectivity index (χ0n) is 13.3. The van der Waals surface area contributed by atoms with Crippen molar-refractivity contribution in [2.75, 3.05) is 33.4 Å². The number of ether oxygens (including phenoxy) is 2. The summed E-state index contributed by atoms with van der Waals surface area (Å²) in [6.07, 6.45) is 1.51. The third-order valence-electron chi connectivity index (χ3n) is 4.52. The molecule has 2 aliphatic rings. The fourth-order valence-electron chi connectivity index (χ4n) is 3.34. The predicted molar refractivity (Wildman–Crippen MR) is 83.8 cm³/mol. The van der Waals surface area contributed by atoms with Crippen molar-refractivity contribution >= 4 is 12.0 Å². The zero-order chi connectivity index (χ0) is 16.2. The Balaban J connectivity index is 1.70. The van der Waals surface area contributed by atoms with Gasteiger partial charge in [0.15, 0.2) is 0 Å². The summed E-state index contributed by atoms with van der Waals surface area (Å²) in [5, 5.41) is 0. The number of hydrogen-bond acceptors (Lipinski definition) is 4. The number of likely N-dealkylation sites (tertiary alicyclic amines) is 1. The second kappa shape index (κ2) is 7.00. The summed E-state index contributed by atoms with van der Waals surface area (Å²) in [5.41, 5.74) is 0.987. The van der Waals surface area contributed by atoms with Gasteiger partial charge >= 0.3 is 6.09 Å². The third-order valence-corrected chi connectivity index (χ3v) is 4.52. The molecule has 1 aromatic carbocycles. The van der Waals surface area contributed by atoms with Gasteiger partial charge in [0.05, 0.1) is 18.7 Å². The number of carbonyl (C=O) groups is 2. The maximum Gasteiger partial charge on any atom is 0.410 e. The molecule has 6 nitrogen and oxygen atoms in total. The molecule has 0 unspecified atom stereocenters. The summed E-state index contributed by atoms with van der Waals surface area (Å²) in [7, 11) is 1.64. The van der Waals surface area contributed by atoms with Gasteiger partial charge in [0, 0.05) is 13.7 Å². The fourth-order valence-corrected chi connectivity index (χ4v) is 3.34. The van der Waals surface area contributed by atoms with Crippen LogP contribution in [0.15, 0.2) is 30.3 Å². The molecule has 2 heterocycles. The number of nitrogens with zero attached hydrogens (tertiary/aromatic N) is 2. The Morgan fingerprint density at radius 1 is 1.35 bits per heavy atom. The molecule has 0 bridgehead atoms. The molecule has 3 rings (SSSR count). The van der Waals surface area contributed by atoms with E-state index in [0.29, 0.717) is 6.61 Å². The number of amides is 2. The lowest BCUT2D eigenvalue weighted by Crippen LogP contribution is -2.45. The third kappa shape index (κ3) is 3.32. The van der Waals surface area contributed by atoms with Crippen molar-refractivity contribution < 1.29 is 19.1 Å². The van der Waals surface area contributed by atoms with Crippen LogP contribution in [0.1, 0.15) is 24.4 Å². The van der Waals surface area contributed by atoms with E-state index in [1.54, 1.807) is 7.11 Å². The first-order valence-corrected chi connectivity index (χ1v) is 7.97. The number of hydrogen-bond donors (Lipinski definition) is 0. The van der Waals surface area contributed by atoms with Gasteiger partial charge in [-0.25, -0.2) is 4.79 Å². The van der Waals surface area contributed by atoms with Crippen LogP contribution in [0.3, 0.4) is 0 Å². The Morgan fingerprint density at radius 3 is 2.87 bits per heavy atom. The smallest absolute Gasteiger partial charge is 0.410 e. The maximum absolute atomic E-state index is 12.6. The summed E-state index contributed by atoms with van der Waals surface area (Å²) < 4.78 is 10.4. The average molecular weight is 318 g/mol. The van der Waals surface area contributed by atoms with Crippen LogP contribution in [-0.2, 0) is 14.3 Å². The molecule has 124 valence electrons. The number of benzene rings is 1. The summed E-state index contributed by atoms with van der Waals surface area (Å²) >= 11 is 0. The second-order valence-electron chi connectivity index (χ2n) is 5.97. The van der Waals surface area contributed by atoms with Gasteiger partial charge in [-0.1, -0.05) is 30.3 Å². The molecule has 2 aliphatic heterocycles. The molecular formula is C17H22N2O4. The molecule has 1 aromatic rings. The van der Waals surface area contributed by atoms with Crippen LogP contribution in [-0.4, -0.2) is 61.3 Å². The van der Waals surface area contributed by atoms with Crippen LogP contribution < -0.4 is 0 Å². The Kier molecular flexibility index (Phi) is 4.81. The molecule has 0 saturated carbocycles. The van der Waals surface area contributed by atoms with Gasteiger partial charge in [-0.15, -0.1) is 0 Å². The molecule has 23 heavy (non-hydrogen) atoms. The standard InChI is InChI=1S/C17H22N2O4/c1-22-11-14-8-5-9-18(14)16(20)10-19-15(12-23-17(19)21)13-6-3-2-4-7-13/h2-4,6-7,14-15H,5,8-12H2,1H3/t14-,15+/m0/s1. The lowest BCUT2D eigenvalue weighted by atomic mass is 10.1. The van der Waals surface area contributed by atoms with Crippen LogP contribution in [0.4, 0.5) is 4.79 Å². The highest BCUT2D eigenvalue weighted by molar-refractivity contribution is 5.83. The Labute approximate surface area is 136 Å². The zero-order valence-corrected chi connectivity index (χ0v) is 13.3. The van der Waals surface area contributed by atoms with Crippen LogP contribution >= 0.6 is 0 Å². The van der Waals surface area contributed by atoms with Crippen molar-refractivity contribution in [3.05, 3.63) is 35.9 Å². The summed E-state index contributed by atoms with van der Waals surface area (Å²) in [6, 6.07) is 9.59. The summed E-state index contributed by atoms with van der Waals surface area (Å²) in [4.78, 5) is 28.0. The van der Waals surface area contributed by atoms with E-state index in [2.05, 4.69) is 0 Å². The molecule has 2 fully saturated rings. The summed E-state index contributed by atoms with van der Waals surface area (Å²) in [5.74, 6) is -0.0377. The Hall–Kier alpha value is -2.08. The predicted octanol–water partition coefficient (Wildman–Crippen LogP) is 1.82. The van der Waals surface area contributed by atoms with Gasteiger partial charge in [0.1, 0.15) is 13.2 Å². The van der Waals surface area contributed by atoms with Crippen molar-refractivity contribution in [2.24, 2.45) is 0 Å². The average Bonchev–Trinajstić information content (AvgIpc) is 3.16. The van der Waals surface area contributed by atoms with Gasteiger partial charge in [-0.2, -0.15) is 0 Å². The minimum atomic E-state index is -0.422. The van der Waals surface area contributed by atoms with Crippen molar-refractivity contribution in [3.8, 4) is 0 Å². The quantitative estimate of drug-likeness (QED) is 0.831. The van der Waals surface area contributed by atoms with Gasteiger partial charge in [-0.05, 0) is 18.4 Å². The van der Waals surface area contributed by atoms with Crippen molar-refractivity contribution in [1.82, 2.24) is 9.80 Å². The molecule has 0 aromatic heterocycles. The molecule has 0 aliphatic carbocycles. The van der Waals surface area contributed by atoms with E-state index in [-0.39, 0.29) is 31.1 Å². The number of rotatable bonds is 5. The monoisotopic (exact) mass is 318 g/mol. The van der Waals surface area contributed by atoms with E-state index in [1.807, 2.05) is 35.2 Å². The molecule has 0 N–H and O–H groups in total. The van der Waals surface area contributed by atoms with Gasteiger partial charge in [-0.3, -0.25) is 9.69 Å². The van der Waals surface area contributed by atoms with Crippen LogP contribution in [0.25, 0.3) is 0 Å². The van der Waals surface area contributed by atoms with E-state index in [4.69, 9.17) is 9.47 Å². The number of carbonyl (C=O) groups excluding carboxylic acids is 2. The first-order chi connectivity index (χ1) is 11.2. The van der Waals surface area contributed by atoms with Crippen LogP contribution in [0, 0.1) is 0 Å². The molecule has 2 saturated heterocycles. The largest absolute Gasteiger partial charge is 0.447 e. The molecule has 6 heteroatoms. The molecule has 2 amide bonds. The van der Waals surface area contributed by atoms with Crippen molar-refractivity contribution in [2.45, 2.75) is 24.9 Å². The molecule has 0 radical (unpaired) electrons. The van der Waals surface area contributed by atoms with Crippen LogP contribution in [0.2, 0.25) is 0 Å². The number of methoxy groups -OCH3 is 1. The first kappa shape index (κ1) is 15.8. The highest BCUT2D eigenvalue weighted by atomic mass is 16.6. The van der Waals surface area contributed by atoms with Crippen molar-refractivity contribution in [1.29, 1.82) is 0 Å². The topological polar surface area (TPSA) is 59.1 Å². The lowest BCUT2D eigenvalue weighted by molar-refractivity contribution is -0.133. The maximum atomic E-state index is 12.6. The number of cyclic esters (lactones) is 1. The van der Waals surface area contributed by atoms with Gasteiger partial charge in [0.2, 0.25) is 5.91 Å². The van der Waals surface area contributed by atoms with E-state index in [0.717, 1.165) is 24.9 Å². The van der Waals surface area contributed by atoms with E-state index >= 15 is 0 Å². The van der Waals surface area contributed by atoms with E-state index < -0.39 is 6.09 Å². The highest BCUT2D eigenvalue weighted by Gasteiger charge is 2.38. The Bertz CT molecular complexity index is 563. The molecular weight excluding hydrogens is 296 g/mol. The Morgan fingerprint density at radius 2 is 2.13 bits per heavy atom. The lowest BCUT2D eigenvalue weighted by Gasteiger charge is -2.28. The van der Waals surface area contributed by atoms with Gasteiger partial charge in [0.25, 0.3) is 0 Å². The van der Waals surface area contributed by atoms with Crippen LogP contribution in [0.5, 0.6) is 0 Å². The molecule has 0 spiro atoms. The minimum absolute atomic E-state index is 0.0377. The highest BCUT2D eigenvalue weighted by Crippen LogP contribution is 2.28. The normalized spacial score (nSPS) is 24.1. The first-order valence-electron chi connectivity index (χ1n) is 7.97. The van der Waals surface area contributed by atoms with E-state index in [1.165, 1.54) is 4.90 Å². The van der Waals surface area contributed by atoms with E-state index in [9.17, 15) is 9.59 Å².